The summed E-state index contributed by atoms with van der Waals surface area (Å²) in [7, 11) is 1.85. The lowest BCUT2D eigenvalue weighted by Gasteiger charge is -2.26. The second kappa shape index (κ2) is 6.08. The van der Waals surface area contributed by atoms with E-state index >= 15 is 0 Å². The molecule has 0 saturated heterocycles. The number of para-hydroxylation sites is 1. The molecule has 25 heavy (non-hydrogen) atoms. The van der Waals surface area contributed by atoms with Gasteiger partial charge in [0.05, 0.1) is 30.2 Å². The Balaban J connectivity index is 1.51. The Bertz CT molecular complexity index is 950. The molecule has 0 spiro atoms. The summed E-state index contributed by atoms with van der Waals surface area (Å²) in [5.74, 6) is 0.827. The number of pyridine rings is 1. The summed E-state index contributed by atoms with van der Waals surface area (Å²) in [6.45, 7) is 2.51. The maximum atomic E-state index is 12.4. The first kappa shape index (κ1) is 15.4. The Labute approximate surface area is 145 Å². The summed E-state index contributed by atoms with van der Waals surface area (Å²) in [5, 5.41) is 11.1. The molecule has 0 saturated carbocycles. The monoisotopic (exact) mass is 337 g/mol. The molecule has 3 heterocycles. The van der Waals surface area contributed by atoms with Crippen molar-refractivity contribution in [2.45, 2.75) is 19.4 Å². The van der Waals surface area contributed by atoms with Crippen LogP contribution in [0.25, 0.3) is 11.0 Å². The molecule has 2 aromatic heterocycles. The SMILES string of the molecule is Cc1nn(C)c2ncc(NC(=O)N[C@@H]3CCOc4ccccc43)cc12. The van der Waals surface area contributed by atoms with Gasteiger partial charge in [-0.3, -0.25) is 4.68 Å². The topological polar surface area (TPSA) is 81.1 Å². The Morgan fingerprint density at radius 2 is 2.20 bits per heavy atom. The Hall–Kier alpha value is -3.09. The van der Waals surface area contributed by atoms with Crippen LogP contribution in [0, 0.1) is 6.92 Å². The van der Waals surface area contributed by atoms with E-state index in [9.17, 15) is 4.79 Å². The third-order valence-corrected chi connectivity index (χ3v) is 4.38. The lowest BCUT2D eigenvalue weighted by molar-refractivity contribution is 0.232. The van der Waals surface area contributed by atoms with Crippen LogP contribution in [0.5, 0.6) is 5.75 Å². The van der Waals surface area contributed by atoms with Crippen molar-refractivity contribution in [1.29, 1.82) is 0 Å². The molecule has 1 aliphatic rings. The van der Waals surface area contributed by atoms with Crippen LogP contribution in [0.4, 0.5) is 10.5 Å². The second-order valence-electron chi connectivity index (χ2n) is 6.13. The summed E-state index contributed by atoms with van der Waals surface area (Å²) in [5.41, 5.74) is 3.32. The quantitative estimate of drug-likeness (QED) is 0.753. The van der Waals surface area contributed by atoms with Crippen LogP contribution in [0.15, 0.2) is 36.5 Å². The van der Waals surface area contributed by atoms with Crippen molar-refractivity contribution in [3.05, 3.63) is 47.8 Å². The van der Waals surface area contributed by atoms with Gasteiger partial charge < -0.3 is 15.4 Å². The molecule has 2 amide bonds. The number of nitrogens with zero attached hydrogens (tertiary/aromatic N) is 3. The van der Waals surface area contributed by atoms with Crippen LogP contribution < -0.4 is 15.4 Å². The lowest BCUT2D eigenvalue weighted by Crippen LogP contribution is -2.35. The number of benzene rings is 1. The fourth-order valence-electron chi connectivity index (χ4n) is 3.19. The third kappa shape index (κ3) is 2.88. The number of hydrogen-bond acceptors (Lipinski definition) is 4. The normalized spacial score (nSPS) is 16.2. The highest BCUT2D eigenvalue weighted by Crippen LogP contribution is 2.31. The highest BCUT2D eigenvalue weighted by molar-refractivity contribution is 5.92. The number of carbonyl (C=O) groups excluding carboxylic acids is 1. The molecular formula is C18H19N5O2. The molecule has 1 aromatic carbocycles. The zero-order valence-electron chi connectivity index (χ0n) is 14.1. The summed E-state index contributed by atoms with van der Waals surface area (Å²) in [4.78, 5) is 16.8. The minimum atomic E-state index is -0.260. The number of aryl methyl sites for hydroxylation is 2. The van der Waals surface area contributed by atoms with E-state index in [0.29, 0.717) is 12.3 Å². The van der Waals surface area contributed by atoms with Gasteiger partial charge in [0.25, 0.3) is 0 Å². The lowest BCUT2D eigenvalue weighted by atomic mass is 10.0. The number of rotatable bonds is 2. The zero-order chi connectivity index (χ0) is 17.4. The molecule has 2 N–H and O–H groups in total. The van der Waals surface area contributed by atoms with E-state index in [1.165, 1.54) is 0 Å². The first-order valence-electron chi connectivity index (χ1n) is 8.20. The molecule has 0 unspecified atom stereocenters. The van der Waals surface area contributed by atoms with Gasteiger partial charge in [0, 0.05) is 24.4 Å². The van der Waals surface area contributed by atoms with E-state index < -0.39 is 0 Å². The Kier molecular flexibility index (Phi) is 3.76. The molecule has 0 radical (unpaired) electrons. The molecule has 0 bridgehead atoms. The molecular weight excluding hydrogens is 318 g/mol. The number of ether oxygens (including phenoxy) is 1. The van der Waals surface area contributed by atoms with E-state index in [2.05, 4.69) is 20.7 Å². The maximum absolute atomic E-state index is 12.4. The molecule has 1 atom stereocenters. The molecule has 7 heteroatoms. The molecule has 0 fully saturated rings. The van der Waals surface area contributed by atoms with E-state index in [0.717, 1.165) is 34.5 Å². The average Bonchev–Trinajstić information content (AvgIpc) is 2.89. The van der Waals surface area contributed by atoms with Gasteiger partial charge in [-0.25, -0.2) is 9.78 Å². The fraction of sp³-hybridized carbons (Fsp3) is 0.278. The number of nitrogens with one attached hydrogen (secondary N) is 2. The average molecular weight is 337 g/mol. The van der Waals surface area contributed by atoms with E-state index in [4.69, 9.17) is 4.74 Å². The van der Waals surface area contributed by atoms with Gasteiger partial charge in [0.2, 0.25) is 0 Å². The number of carbonyl (C=O) groups is 1. The molecule has 1 aliphatic heterocycles. The smallest absolute Gasteiger partial charge is 0.319 e. The van der Waals surface area contributed by atoms with Gasteiger partial charge >= 0.3 is 6.03 Å². The van der Waals surface area contributed by atoms with Gasteiger partial charge in [-0.1, -0.05) is 18.2 Å². The van der Waals surface area contributed by atoms with Crippen molar-refractivity contribution < 1.29 is 9.53 Å². The van der Waals surface area contributed by atoms with Crippen molar-refractivity contribution in [2.75, 3.05) is 11.9 Å². The van der Waals surface area contributed by atoms with Crippen molar-refractivity contribution >= 4 is 22.8 Å². The first-order chi connectivity index (χ1) is 12.1. The number of fused-ring (bicyclic) bond motifs is 2. The van der Waals surface area contributed by atoms with E-state index in [1.807, 2.05) is 44.3 Å². The number of hydrogen-bond donors (Lipinski definition) is 2. The first-order valence-corrected chi connectivity index (χ1v) is 8.20. The maximum Gasteiger partial charge on any atom is 0.319 e. The van der Waals surface area contributed by atoms with Gasteiger partial charge in [0.1, 0.15) is 5.75 Å². The minimum absolute atomic E-state index is 0.0678. The van der Waals surface area contributed by atoms with Crippen molar-refractivity contribution in [3.8, 4) is 5.75 Å². The predicted molar refractivity (Wildman–Crippen MR) is 94.7 cm³/mol. The van der Waals surface area contributed by atoms with Gasteiger partial charge in [0.15, 0.2) is 5.65 Å². The number of urea groups is 1. The standard InChI is InChI=1S/C18H19N5O2/c1-11-14-9-12(10-19-17(14)23(2)22-11)20-18(24)21-15-7-8-25-16-6-4-3-5-13(15)16/h3-6,9-10,15H,7-8H2,1-2H3,(H2,20,21,24)/t15-/m1/s1. The number of anilines is 1. The molecule has 7 nitrogen and oxygen atoms in total. The van der Waals surface area contributed by atoms with E-state index in [1.54, 1.807) is 10.9 Å². The number of aromatic nitrogens is 3. The predicted octanol–water partition coefficient (Wildman–Crippen LogP) is 2.92. The summed E-state index contributed by atoms with van der Waals surface area (Å²) in [6, 6.07) is 9.34. The molecule has 4 rings (SSSR count). The van der Waals surface area contributed by atoms with E-state index in [-0.39, 0.29) is 12.1 Å². The van der Waals surface area contributed by atoms with Crippen molar-refractivity contribution in [3.63, 3.8) is 0 Å². The molecule has 3 aromatic rings. The van der Waals surface area contributed by atoms with Crippen LogP contribution in [-0.2, 0) is 7.05 Å². The third-order valence-electron chi connectivity index (χ3n) is 4.38. The van der Waals surface area contributed by atoms with Crippen LogP contribution in [0.3, 0.4) is 0 Å². The largest absolute Gasteiger partial charge is 0.493 e. The molecule has 128 valence electrons. The highest BCUT2D eigenvalue weighted by atomic mass is 16.5. The highest BCUT2D eigenvalue weighted by Gasteiger charge is 2.22. The summed E-state index contributed by atoms with van der Waals surface area (Å²) >= 11 is 0. The van der Waals surface area contributed by atoms with Crippen LogP contribution >= 0.6 is 0 Å². The van der Waals surface area contributed by atoms with Crippen LogP contribution in [0.1, 0.15) is 23.7 Å². The zero-order valence-corrected chi connectivity index (χ0v) is 14.1. The Morgan fingerprint density at radius 1 is 1.36 bits per heavy atom. The second-order valence-corrected chi connectivity index (χ2v) is 6.13. The summed E-state index contributed by atoms with van der Waals surface area (Å²) in [6.07, 6.45) is 2.38. The Morgan fingerprint density at radius 3 is 3.08 bits per heavy atom. The van der Waals surface area contributed by atoms with Crippen molar-refractivity contribution in [2.24, 2.45) is 7.05 Å². The van der Waals surface area contributed by atoms with Crippen molar-refractivity contribution in [1.82, 2.24) is 20.1 Å². The van der Waals surface area contributed by atoms with Crippen LogP contribution in [-0.4, -0.2) is 27.4 Å². The minimum Gasteiger partial charge on any atom is -0.493 e. The summed E-state index contributed by atoms with van der Waals surface area (Å²) < 4.78 is 7.36. The fourth-order valence-corrected chi connectivity index (χ4v) is 3.19. The molecule has 0 aliphatic carbocycles. The van der Waals surface area contributed by atoms with Gasteiger partial charge in [-0.2, -0.15) is 5.10 Å². The van der Waals surface area contributed by atoms with Gasteiger partial charge in [-0.15, -0.1) is 0 Å². The van der Waals surface area contributed by atoms with Crippen LogP contribution in [0.2, 0.25) is 0 Å². The van der Waals surface area contributed by atoms with Gasteiger partial charge in [-0.05, 0) is 19.1 Å². The number of amides is 2.